The third kappa shape index (κ3) is 1.27. The molecular formula is C18H21NO3. The van der Waals surface area contributed by atoms with Gasteiger partial charge in [0.25, 0.3) is 0 Å². The van der Waals surface area contributed by atoms with Crippen molar-refractivity contribution in [2.75, 3.05) is 20.6 Å². The number of hydrogen-bond acceptors (Lipinski definition) is 4. The Kier molecular flexibility index (Phi) is 1.13. The summed E-state index contributed by atoms with van der Waals surface area (Å²) in [5, 5.41) is 0. The van der Waals surface area contributed by atoms with Gasteiger partial charge in [-0.3, -0.25) is 4.79 Å². The standard InChI is InChI=1S/C18H21NO3/c1-19-8-7-18-11-4-5-13(20)17(18)22-16-14(21-2)6-3-10(15(16)18)9-12(11)19/h3,6,11-12,17H,4-5,7-9H2,1-2H3/t11-,12+,17?,18-/m0/s1/i1D3,2D3,3D,6D,9D2,11D. The van der Waals surface area contributed by atoms with Crippen molar-refractivity contribution in [3.8, 4) is 11.5 Å². The highest BCUT2D eigenvalue weighted by Gasteiger charge is 2.65. The van der Waals surface area contributed by atoms with Crippen molar-refractivity contribution in [1.29, 1.82) is 0 Å². The molecule has 4 atom stereocenters. The molecule has 4 aliphatic rings. The highest BCUT2D eigenvalue weighted by Crippen LogP contribution is 2.62. The number of Topliss-reactive ketones (excluding diaryl/α,β-unsaturated/α-hetero) is 1. The van der Waals surface area contributed by atoms with Crippen LogP contribution in [0.15, 0.2) is 12.1 Å². The molecule has 1 aromatic rings. The molecule has 4 heteroatoms. The van der Waals surface area contributed by atoms with E-state index in [-0.39, 0.29) is 48.5 Å². The van der Waals surface area contributed by atoms with E-state index < -0.39 is 61.7 Å². The Morgan fingerprint density at radius 3 is 3.45 bits per heavy atom. The van der Waals surface area contributed by atoms with E-state index in [0.717, 1.165) is 4.90 Å². The van der Waals surface area contributed by atoms with Crippen molar-refractivity contribution in [2.45, 2.75) is 43.2 Å². The summed E-state index contributed by atoms with van der Waals surface area (Å²) in [5.74, 6) is -3.08. The fourth-order valence-corrected chi connectivity index (χ4v) is 4.53. The van der Waals surface area contributed by atoms with Gasteiger partial charge in [-0.25, -0.2) is 0 Å². The number of carbonyl (C=O) groups is 1. The average molecular weight is 310 g/mol. The molecule has 116 valence electrons. The normalized spacial score (nSPS) is 52.5. The SMILES string of the molecule is [2H]c1c([2H])c2c3c(c1OC([2H])([2H])[2H])OC1C(=O)CC[C@@]4([2H])[C@H](N(C([2H])([2H])[2H])CC[C@]314)C2([2H])[2H]. The fourth-order valence-electron chi connectivity index (χ4n) is 4.53. The van der Waals surface area contributed by atoms with Crippen molar-refractivity contribution >= 4 is 5.78 Å². The molecule has 0 N–H and O–H groups in total. The van der Waals surface area contributed by atoms with Crippen LogP contribution in [0.1, 0.15) is 45.5 Å². The van der Waals surface area contributed by atoms with E-state index in [9.17, 15) is 6.17 Å². The number of nitrogens with zero attached hydrogens (tertiary/aromatic N) is 1. The van der Waals surface area contributed by atoms with Crippen LogP contribution in [0.3, 0.4) is 0 Å². The average Bonchev–Trinajstić information content (AvgIpc) is 2.99. The lowest BCUT2D eigenvalue weighted by atomic mass is 9.52. The monoisotopic (exact) mass is 310 g/mol. The molecule has 4 nitrogen and oxygen atoms in total. The second-order valence-electron chi connectivity index (χ2n) is 6.21. The van der Waals surface area contributed by atoms with Crippen molar-refractivity contribution in [3.05, 3.63) is 23.2 Å². The molecule has 0 radical (unpaired) electrons. The lowest BCUT2D eigenvalue weighted by molar-refractivity contribution is -0.138. The van der Waals surface area contributed by atoms with Gasteiger partial charge in [0, 0.05) is 31.7 Å². The minimum atomic E-state index is -3.01. The first-order valence-electron chi connectivity index (χ1n) is 12.8. The molecule has 2 aliphatic carbocycles. The van der Waals surface area contributed by atoms with Gasteiger partial charge in [0.1, 0.15) is 0 Å². The number of likely N-dealkylation sites (N-methyl/N-ethyl adjacent to an activating group) is 1. The Hall–Kier alpha value is -1.55. The van der Waals surface area contributed by atoms with E-state index in [2.05, 4.69) is 0 Å². The summed E-state index contributed by atoms with van der Waals surface area (Å²) in [4.78, 5) is 13.9. The van der Waals surface area contributed by atoms with Gasteiger partial charge in [0.15, 0.2) is 23.4 Å². The maximum Gasteiger partial charge on any atom is 0.174 e. The van der Waals surface area contributed by atoms with Crippen LogP contribution in [0.4, 0.5) is 0 Å². The van der Waals surface area contributed by atoms with Gasteiger partial charge in [0.2, 0.25) is 0 Å². The van der Waals surface area contributed by atoms with Gasteiger partial charge in [0.05, 0.1) is 13.9 Å². The Morgan fingerprint density at radius 1 is 1.64 bits per heavy atom. The predicted octanol–water partition coefficient (Wildman–Crippen LogP) is 1.93. The van der Waals surface area contributed by atoms with E-state index in [1.54, 1.807) is 0 Å². The number of rotatable bonds is 1. The van der Waals surface area contributed by atoms with E-state index in [1.165, 1.54) is 0 Å². The van der Waals surface area contributed by atoms with E-state index in [4.69, 9.17) is 23.2 Å². The molecular weight excluding hydrogens is 278 g/mol. The number of piperidine rings is 1. The minimum absolute atomic E-state index is 0.00208. The molecule has 2 bridgehead atoms. The Balaban J connectivity index is 1.91. The smallest absolute Gasteiger partial charge is 0.174 e. The number of carbonyl (C=O) groups excluding carboxylic acids is 1. The molecule has 2 heterocycles. The second kappa shape index (κ2) is 4.05. The van der Waals surface area contributed by atoms with Crippen molar-refractivity contribution < 1.29 is 29.3 Å². The Bertz CT molecular complexity index is 1080. The summed E-state index contributed by atoms with van der Waals surface area (Å²) in [5.41, 5.74) is -1.82. The quantitative estimate of drug-likeness (QED) is 0.794. The highest BCUT2D eigenvalue weighted by atomic mass is 16.5. The van der Waals surface area contributed by atoms with Gasteiger partial charge in [-0.15, -0.1) is 0 Å². The third-order valence-electron chi connectivity index (χ3n) is 5.39. The number of methoxy groups -OCH3 is 1. The Morgan fingerprint density at radius 2 is 2.59 bits per heavy atom. The molecule has 22 heavy (non-hydrogen) atoms. The van der Waals surface area contributed by atoms with E-state index >= 15 is 0 Å². The molecule has 0 aromatic heterocycles. The first kappa shape index (κ1) is 6.16. The first-order chi connectivity index (χ1) is 15.0. The topological polar surface area (TPSA) is 38.8 Å². The summed E-state index contributed by atoms with van der Waals surface area (Å²) in [6.07, 6.45) is -4.16. The first-order valence-corrected chi connectivity index (χ1v) is 7.32. The van der Waals surface area contributed by atoms with Gasteiger partial charge in [-0.2, -0.15) is 0 Å². The summed E-state index contributed by atoms with van der Waals surface area (Å²) in [6, 6.07) is -2.94. The van der Waals surface area contributed by atoms with Crippen molar-refractivity contribution in [3.63, 3.8) is 0 Å². The van der Waals surface area contributed by atoms with Gasteiger partial charge >= 0.3 is 0 Å². The number of ketones is 1. The zero-order valence-corrected chi connectivity index (χ0v) is 11.7. The van der Waals surface area contributed by atoms with Crippen LogP contribution in [0.2, 0.25) is 0 Å². The second-order valence-corrected chi connectivity index (χ2v) is 6.21. The van der Waals surface area contributed by atoms with Crippen LogP contribution in [0, 0.1) is 5.89 Å². The zero-order valence-electron chi connectivity index (χ0n) is 22.7. The van der Waals surface area contributed by atoms with Crippen LogP contribution in [0.25, 0.3) is 0 Å². The summed E-state index contributed by atoms with van der Waals surface area (Å²) < 4.78 is 102. The maximum atomic E-state index is 13.0. The number of likely N-dealkylation sites (tertiary alicyclic amines) is 1. The predicted molar refractivity (Wildman–Crippen MR) is 81.6 cm³/mol. The van der Waals surface area contributed by atoms with Crippen LogP contribution in [-0.4, -0.2) is 43.4 Å². The zero-order chi connectivity index (χ0) is 24.5. The molecule has 1 unspecified atom stereocenters. The third-order valence-corrected chi connectivity index (χ3v) is 5.39. The Labute approximate surface area is 145 Å². The molecule has 2 aliphatic heterocycles. The largest absolute Gasteiger partial charge is 0.493 e. The van der Waals surface area contributed by atoms with Gasteiger partial charge < -0.3 is 14.4 Å². The molecule has 5 rings (SSSR count). The van der Waals surface area contributed by atoms with Gasteiger partial charge in [-0.05, 0) is 50.2 Å². The van der Waals surface area contributed by atoms with E-state index in [1.807, 2.05) is 0 Å². The van der Waals surface area contributed by atoms with E-state index in [0.29, 0.717) is 0 Å². The van der Waals surface area contributed by atoms with Crippen LogP contribution in [0.5, 0.6) is 11.5 Å². The number of hydrogen-bond donors (Lipinski definition) is 0. The number of ether oxygens (including phenoxy) is 2. The maximum absolute atomic E-state index is 13.0. The molecule has 0 amide bonds. The lowest BCUT2D eigenvalue weighted by Gasteiger charge is -2.57. The van der Waals surface area contributed by atoms with Crippen LogP contribution in [-0.2, 0) is 16.6 Å². The van der Waals surface area contributed by atoms with Gasteiger partial charge in [-0.1, -0.05) is 6.04 Å². The highest BCUT2D eigenvalue weighted by molar-refractivity contribution is 5.89. The summed E-state index contributed by atoms with van der Waals surface area (Å²) >= 11 is 0. The summed E-state index contributed by atoms with van der Waals surface area (Å²) in [7, 11) is -3.01. The van der Waals surface area contributed by atoms with Crippen LogP contribution < -0.4 is 9.47 Å². The number of benzene rings is 1. The lowest BCUT2D eigenvalue weighted by Crippen LogP contribution is -2.65. The molecule has 1 spiro atoms. The minimum Gasteiger partial charge on any atom is -0.493 e. The fraction of sp³-hybridized carbons (Fsp3) is 0.611. The van der Waals surface area contributed by atoms with Crippen molar-refractivity contribution in [2.24, 2.45) is 5.89 Å². The summed E-state index contributed by atoms with van der Waals surface area (Å²) in [6.45, 7) is -2.89. The molecule has 1 saturated heterocycles. The molecule has 1 aromatic carbocycles. The molecule has 2 fully saturated rings. The molecule has 1 saturated carbocycles. The van der Waals surface area contributed by atoms with Crippen LogP contribution >= 0.6 is 0 Å². The van der Waals surface area contributed by atoms with Crippen molar-refractivity contribution in [1.82, 2.24) is 4.90 Å².